The highest BCUT2D eigenvalue weighted by Gasteiger charge is 2.52. The third-order valence-corrected chi connectivity index (χ3v) is 5.08. The van der Waals surface area contributed by atoms with Gasteiger partial charge in [0.1, 0.15) is 5.60 Å². The summed E-state index contributed by atoms with van der Waals surface area (Å²) in [5, 5.41) is 0.568. The van der Waals surface area contributed by atoms with Gasteiger partial charge in [0.25, 0.3) is 0 Å². The zero-order chi connectivity index (χ0) is 19.2. The third kappa shape index (κ3) is 3.20. The summed E-state index contributed by atoms with van der Waals surface area (Å²) >= 11 is 6.47. The Morgan fingerprint density at radius 2 is 1.85 bits per heavy atom. The van der Waals surface area contributed by atoms with Crippen molar-refractivity contribution in [3.8, 4) is 0 Å². The van der Waals surface area contributed by atoms with Crippen molar-refractivity contribution < 1.29 is 19.1 Å². The summed E-state index contributed by atoms with van der Waals surface area (Å²) in [4.78, 5) is 27.0. The molecule has 6 heteroatoms. The maximum Gasteiger partial charge on any atom is 0.411 e. The van der Waals surface area contributed by atoms with Crippen molar-refractivity contribution in [1.29, 1.82) is 0 Å². The van der Waals surface area contributed by atoms with E-state index in [0.29, 0.717) is 17.0 Å². The number of rotatable bonds is 2. The highest BCUT2D eigenvalue weighted by molar-refractivity contribution is 6.32. The molecule has 0 aromatic heterocycles. The van der Waals surface area contributed by atoms with Crippen LogP contribution in [0.3, 0.4) is 0 Å². The van der Waals surface area contributed by atoms with Gasteiger partial charge < -0.3 is 9.47 Å². The van der Waals surface area contributed by atoms with Gasteiger partial charge in [-0.1, -0.05) is 23.7 Å². The normalized spacial score (nSPS) is 22.0. The van der Waals surface area contributed by atoms with Gasteiger partial charge in [0, 0.05) is 5.02 Å². The van der Waals surface area contributed by atoms with E-state index in [1.807, 2.05) is 45.9 Å². The van der Waals surface area contributed by atoms with Gasteiger partial charge in [0.15, 0.2) is 0 Å². The average molecular weight is 378 g/mol. The van der Waals surface area contributed by atoms with Crippen molar-refractivity contribution in [2.24, 2.45) is 0 Å². The number of hydrogen-bond donors (Lipinski definition) is 0. The number of ether oxygens (including phenoxy) is 2. The van der Waals surface area contributed by atoms with Crippen LogP contribution in [-0.2, 0) is 14.3 Å². The molecule has 0 N–H and O–H groups in total. The van der Waals surface area contributed by atoms with Crippen LogP contribution in [0.5, 0.6) is 0 Å². The first kappa shape index (κ1) is 18.8. The van der Waals surface area contributed by atoms with E-state index >= 15 is 0 Å². The maximum atomic E-state index is 12.8. The topological polar surface area (TPSA) is 55.8 Å². The molecule has 2 aliphatic rings. The number of halogens is 1. The number of hydrogen-bond acceptors (Lipinski definition) is 4. The fourth-order valence-electron chi connectivity index (χ4n) is 3.83. The van der Waals surface area contributed by atoms with E-state index in [9.17, 15) is 9.59 Å². The lowest BCUT2D eigenvalue weighted by molar-refractivity contribution is -0.136. The highest BCUT2D eigenvalue weighted by atomic mass is 35.5. The molecule has 0 spiro atoms. The zero-order valence-corrected chi connectivity index (χ0v) is 16.5. The van der Waals surface area contributed by atoms with Crippen molar-refractivity contribution in [1.82, 2.24) is 4.90 Å². The second kappa shape index (κ2) is 6.62. The van der Waals surface area contributed by atoms with Gasteiger partial charge in [0.05, 0.1) is 24.8 Å². The standard InChI is InChI=1S/C20H24ClNO4/c1-11-6-7-12(13(21)10-11)16-14-8-9-15(17(16)18(23)25-5)22(14)19(24)26-20(2,3)4/h6-7,10,14-15H,8-9H2,1-5H3. The third-order valence-electron chi connectivity index (χ3n) is 4.77. The molecule has 2 aliphatic heterocycles. The number of esters is 1. The van der Waals surface area contributed by atoms with Crippen molar-refractivity contribution in [3.05, 3.63) is 39.9 Å². The quantitative estimate of drug-likeness (QED) is 0.718. The molecule has 1 aromatic rings. The number of carbonyl (C=O) groups excluding carboxylic acids is 2. The minimum absolute atomic E-state index is 0.232. The van der Waals surface area contributed by atoms with Crippen molar-refractivity contribution in [3.63, 3.8) is 0 Å². The van der Waals surface area contributed by atoms with Gasteiger partial charge in [-0.15, -0.1) is 0 Å². The van der Waals surface area contributed by atoms with E-state index in [2.05, 4.69) is 0 Å². The molecule has 3 rings (SSSR count). The summed E-state index contributed by atoms with van der Waals surface area (Å²) in [5.41, 5.74) is 2.50. The molecule has 2 heterocycles. The molecular formula is C20H24ClNO4. The SMILES string of the molecule is COC(=O)C1=C(c2ccc(C)cc2Cl)C2CCC1N2C(=O)OC(C)(C)C. The molecule has 2 atom stereocenters. The number of nitrogens with zero attached hydrogens (tertiary/aromatic N) is 1. The summed E-state index contributed by atoms with van der Waals surface area (Å²) in [5.74, 6) is -0.419. The zero-order valence-electron chi connectivity index (χ0n) is 15.8. The van der Waals surface area contributed by atoms with Crippen LogP contribution in [-0.4, -0.2) is 41.8 Å². The largest absolute Gasteiger partial charge is 0.466 e. The van der Waals surface area contributed by atoms with E-state index < -0.39 is 17.7 Å². The van der Waals surface area contributed by atoms with Gasteiger partial charge in [-0.05, 0) is 63.3 Å². The first-order valence-corrected chi connectivity index (χ1v) is 9.12. The van der Waals surface area contributed by atoms with E-state index in [4.69, 9.17) is 21.1 Å². The van der Waals surface area contributed by atoms with E-state index in [1.165, 1.54) is 7.11 Å². The smallest absolute Gasteiger partial charge is 0.411 e. The highest BCUT2D eigenvalue weighted by Crippen LogP contribution is 2.48. The van der Waals surface area contributed by atoms with Crippen molar-refractivity contribution >= 4 is 29.2 Å². The van der Waals surface area contributed by atoms with Crippen molar-refractivity contribution in [2.45, 2.75) is 58.2 Å². The minimum atomic E-state index is -0.605. The molecule has 0 radical (unpaired) electrons. The molecule has 5 nitrogen and oxygen atoms in total. The number of benzene rings is 1. The van der Waals surface area contributed by atoms with E-state index in [1.54, 1.807) is 4.90 Å². The van der Waals surface area contributed by atoms with Gasteiger partial charge in [-0.3, -0.25) is 4.90 Å². The molecule has 1 fully saturated rings. The number of amides is 1. The average Bonchev–Trinajstić information content (AvgIpc) is 3.08. The summed E-state index contributed by atoms with van der Waals surface area (Å²) < 4.78 is 10.6. The van der Waals surface area contributed by atoms with Gasteiger partial charge in [0.2, 0.25) is 0 Å². The molecule has 2 bridgehead atoms. The summed E-state index contributed by atoms with van der Waals surface area (Å²) in [6, 6.07) is 5.15. The molecule has 140 valence electrons. The Balaban J connectivity index is 2.07. The van der Waals surface area contributed by atoms with Gasteiger partial charge >= 0.3 is 12.1 Å². The van der Waals surface area contributed by atoms with Crippen molar-refractivity contribution in [2.75, 3.05) is 7.11 Å². The predicted octanol–water partition coefficient (Wildman–Crippen LogP) is 4.36. The van der Waals surface area contributed by atoms with Gasteiger partial charge in [-0.2, -0.15) is 0 Å². The first-order valence-electron chi connectivity index (χ1n) is 8.74. The van der Waals surface area contributed by atoms with Crippen LogP contribution >= 0.6 is 11.6 Å². The molecular weight excluding hydrogens is 354 g/mol. The molecule has 1 aromatic carbocycles. The Morgan fingerprint density at radius 3 is 2.42 bits per heavy atom. The molecule has 1 amide bonds. The lowest BCUT2D eigenvalue weighted by Gasteiger charge is -2.28. The molecule has 26 heavy (non-hydrogen) atoms. The molecule has 2 unspecified atom stereocenters. The number of carbonyl (C=O) groups is 2. The fourth-order valence-corrected chi connectivity index (χ4v) is 4.16. The van der Waals surface area contributed by atoms with Crippen LogP contribution in [0.4, 0.5) is 4.79 Å². The van der Waals surface area contributed by atoms with Gasteiger partial charge in [-0.25, -0.2) is 9.59 Å². The summed E-state index contributed by atoms with van der Waals surface area (Å²) in [6.45, 7) is 7.44. The fraction of sp³-hybridized carbons (Fsp3) is 0.500. The molecule has 0 aliphatic carbocycles. The van der Waals surface area contributed by atoms with E-state index in [0.717, 1.165) is 23.1 Å². The lowest BCUT2D eigenvalue weighted by atomic mass is 9.87. The Hall–Kier alpha value is -2.01. The maximum absolute atomic E-state index is 12.8. The Labute approximate surface area is 158 Å². The van der Waals surface area contributed by atoms with Crippen LogP contribution < -0.4 is 0 Å². The van der Waals surface area contributed by atoms with E-state index in [-0.39, 0.29) is 12.1 Å². The van der Waals surface area contributed by atoms with Crippen LogP contribution in [0.15, 0.2) is 23.8 Å². The number of fused-ring (bicyclic) bond motifs is 2. The summed E-state index contributed by atoms with van der Waals surface area (Å²) in [7, 11) is 1.35. The second-order valence-corrected chi connectivity index (χ2v) is 8.21. The monoisotopic (exact) mass is 377 g/mol. The molecule has 1 saturated heterocycles. The van der Waals surface area contributed by atoms with Crippen LogP contribution in [0.1, 0.15) is 44.7 Å². The minimum Gasteiger partial charge on any atom is -0.466 e. The van der Waals surface area contributed by atoms with Crippen LogP contribution in [0.25, 0.3) is 5.57 Å². The number of aryl methyl sites for hydroxylation is 1. The first-order chi connectivity index (χ1) is 12.1. The Kier molecular flexibility index (Phi) is 4.78. The number of methoxy groups -OCH3 is 1. The predicted molar refractivity (Wildman–Crippen MR) is 100 cm³/mol. The lowest BCUT2D eigenvalue weighted by Crippen LogP contribution is -2.41. The Bertz CT molecular complexity index is 793. The van der Waals surface area contributed by atoms with Crippen LogP contribution in [0, 0.1) is 6.92 Å². The Morgan fingerprint density at radius 1 is 1.19 bits per heavy atom. The summed E-state index contributed by atoms with van der Waals surface area (Å²) in [6.07, 6.45) is 1.07. The van der Waals surface area contributed by atoms with Crippen LogP contribution in [0.2, 0.25) is 5.02 Å². The second-order valence-electron chi connectivity index (χ2n) is 7.80. The molecule has 0 saturated carbocycles.